The van der Waals surface area contributed by atoms with Gasteiger partial charge in [0.15, 0.2) is 5.75 Å². The summed E-state index contributed by atoms with van der Waals surface area (Å²) in [5.74, 6) is -0.420. The summed E-state index contributed by atoms with van der Waals surface area (Å²) < 4.78 is 0. The number of nitrogens with zero attached hydrogens (tertiary/aromatic N) is 2. The number of hydrogen-bond acceptors (Lipinski definition) is 5. The fourth-order valence-corrected chi connectivity index (χ4v) is 1.48. The van der Waals surface area contributed by atoms with Crippen molar-refractivity contribution >= 4 is 11.6 Å². The third-order valence-electron chi connectivity index (χ3n) is 2.41. The molecule has 1 heterocycles. The molecule has 3 N–H and O–H groups in total. The molecule has 0 unspecified atom stereocenters. The first-order valence-corrected chi connectivity index (χ1v) is 5.32. The van der Waals surface area contributed by atoms with Crippen molar-refractivity contribution in [1.82, 2.24) is 15.3 Å². The Kier molecular flexibility index (Phi) is 3.42. The number of carbonyl (C=O) groups is 1. The highest BCUT2D eigenvalue weighted by atomic mass is 16.6. The summed E-state index contributed by atoms with van der Waals surface area (Å²) in [5.41, 5.74) is -0.308. The van der Waals surface area contributed by atoms with Crippen molar-refractivity contribution in [3.63, 3.8) is 0 Å². The number of rotatable bonds is 4. The number of hydrogen-bond donors (Lipinski definition) is 3. The van der Waals surface area contributed by atoms with E-state index < -0.39 is 22.3 Å². The van der Waals surface area contributed by atoms with E-state index in [9.17, 15) is 20.0 Å². The number of nitro benzene ring substituents is 1. The fourth-order valence-electron chi connectivity index (χ4n) is 1.48. The summed E-state index contributed by atoms with van der Waals surface area (Å²) in [5, 5.41) is 22.5. The number of H-pyrrole nitrogens is 1. The molecule has 8 heteroatoms. The van der Waals surface area contributed by atoms with Gasteiger partial charge in [0.25, 0.3) is 5.91 Å². The zero-order valence-corrected chi connectivity index (χ0v) is 9.66. The van der Waals surface area contributed by atoms with Gasteiger partial charge in [-0.25, -0.2) is 4.98 Å². The molecule has 0 aliphatic rings. The maximum atomic E-state index is 11.7. The van der Waals surface area contributed by atoms with Crippen LogP contribution in [0.2, 0.25) is 0 Å². The van der Waals surface area contributed by atoms with Crippen LogP contribution in [0.1, 0.15) is 16.2 Å². The van der Waals surface area contributed by atoms with Crippen LogP contribution in [0.15, 0.2) is 30.6 Å². The van der Waals surface area contributed by atoms with E-state index in [1.54, 1.807) is 12.4 Å². The Morgan fingerprint density at radius 1 is 1.53 bits per heavy atom. The standard InChI is InChI=1S/C11H10N4O4/c16-9-5-7(1-2-8(9)15(18)19)11(17)14-6-10-12-3-4-13-10/h1-5,16H,6H2,(H,12,13)(H,14,17). The lowest BCUT2D eigenvalue weighted by atomic mass is 10.2. The summed E-state index contributed by atoms with van der Waals surface area (Å²) >= 11 is 0. The number of carbonyl (C=O) groups excluding carboxylic acids is 1. The first-order chi connectivity index (χ1) is 9.08. The minimum absolute atomic E-state index is 0.134. The molecule has 98 valence electrons. The highest BCUT2D eigenvalue weighted by Gasteiger charge is 2.15. The van der Waals surface area contributed by atoms with Gasteiger partial charge in [-0.1, -0.05) is 0 Å². The van der Waals surface area contributed by atoms with E-state index >= 15 is 0 Å². The van der Waals surface area contributed by atoms with Gasteiger partial charge in [0, 0.05) is 24.0 Å². The molecule has 19 heavy (non-hydrogen) atoms. The Labute approximate surface area is 107 Å². The lowest BCUT2D eigenvalue weighted by Gasteiger charge is -2.04. The highest BCUT2D eigenvalue weighted by molar-refractivity contribution is 5.94. The molecular weight excluding hydrogens is 252 g/mol. The van der Waals surface area contributed by atoms with E-state index in [1.807, 2.05) is 0 Å². The van der Waals surface area contributed by atoms with Crippen LogP contribution in [-0.4, -0.2) is 25.9 Å². The van der Waals surface area contributed by atoms with E-state index in [1.165, 1.54) is 6.07 Å². The molecule has 0 radical (unpaired) electrons. The number of benzene rings is 1. The number of amides is 1. The molecule has 0 atom stereocenters. The molecule has 2 rings (SSSR count). The second kappa shape index (κ2) is 5.17. The van der Waals surface area contributed by atoms with Gasteiger partial charge in [0.2, 0.25) is 0 Å². The minimum atomic E-state index is -0.722. The Hall–Kier alpha value is -2.90. The van der Waals surface area contributed by atoms with Gasteiger partial charge in [-0.15, -0.1) is 0 Å². The third kappa shape index (κ3) is 2.86. The maximum Gasteiger partial charge on any atom is 0.310 e. The molecule has 0 saturated carbocycles. The average Bonchev–Trinajstić information content (AvgIpc) is 2.88. The molecule has 1 amide bonds. The molecule has 0 bridgehead atoms. The first-order valence-electron chi connectivity index (χ1n) is 5.32. The topological polar surface area (TPSA) is 121 Å². The van der Waals surface area contributed by atoms with Crippen LogP contribution in [0, 0.1) is 10.1 Å². The number of aromatic hydroxyl groups is 1. The monoisotopic (exact) mass is 262 g/mol. The van der Waals surface area contributed by atoms with Crippen molar-refractivity contribution in [3.8, 4) is 5.75 Å². The van der Waals surface area contributed by atoms with Crippen molar-refractivity contribution in [2.24, 2.45) is 0 Å². The molecule has 0 fully saturated rings. The summed E-state index contributed by atoms with van der Waals surface area (Å²) in [6.45, 7) is 0.198. The predicted octanol–water partition coefficient (Wildman–Crippen LogP) is 0.953. The lowest BCUT2D eigenvalue weighted by Crippen LogP contribution is -2.23. The van der Waals surface area contributed by atoms with Crippen LogP contribution in [0.5, 0.6) is 5.75 Å². The lowest BCUT2D eigenvalue weighted by molar-refractivity contribution is -0.385. The van der Waals surface area contributed by atoms with E-state index in [0.29, 0.717) is 5.82 Å². The highest BCUT2D eigenvalue weighted by Crippen LogP contribution is 2.26. The Bertz CT molecular complexity index is 609. The third-order valence-corrected chi connectivity index (χ3v) is 2.41. The SMILES string of the molecule is O=C(NCc1ncc[nH]1)c1ccc([N+](=O)[O-])c(O)c1. The van der Waals surface area contributed by atoms with Crippen molar-refractivity contribution in [2.45, 2.75) is 6.54 Å². The number of imidazole rings is 1. The predicted molar refractivity (Wildman–Crippen MR) is 64.5 cm³/mol. The van der Waals surface area contributed by atoms with Gasteiger partial charge >= 0.3 is 5.69 Å². The largest absolute Gasteiger partial charge is 0.502 e. The zero-order valence-electron chi connectivity index (χ0n) is 9.66. The van der Waals surface area contributed by atoms with Gasteiger partial charge < -0.3 is 15.4 Å². The molecular formula is C11H10N4O4. The normalized spacial score (nSPS) is 10.1. The van der Waals surface area contributed by atoms with Crippen LogP contribution < -0.4 is 5.32 Å². The molecule has 0 aliphatic carbocycles. The zero-order chi connectivity index (χ0) is 13.8. The quantitative estimate of drug-likeness (QED) is 0.559. The molecule has 2 aromatic rings. The van der Waals surface area contributed by atoms with E-state index in [4.69, 9.17) is 0 Å². The molecule has 1 aromatic heterocycles. The van der Waals surface area contributed by atoms with Crippen molar-refractivity contribution in [3.05, 3.63) is 52.1 Å². The Balaban J connectivity index is 2.07. The molecule has 0 saturated heterocycles. The van der Waals surface area contributed by atoms with Gasteiger partial charge in [0.05, 0.1) is 11.5 Å². The molecule has 1 aromatic carbocycles. The van der Waals surface area contributed by atoms with E-state index in [2.05, 4.69) is 15.3 Å². The van der Waals surface area contributed by atoms with Gasteiger partial charge in [-0.3, -0.25) is 14.9 Å². The Morgan fingerprint density at radius 2 is 2.32 bits per heavy atom. The average molecular weight is 262 g/mol. The molecule has 8 nitrogen and oxygen atoms in total. The number of phenolic OH excluding ortho intramolecular Hbond substituents is 1. The minimum Gasteiger partial charge on any atom is -0.502 e. The number of nitro groups is 1. The van der Waals surface area contributed by atoms with E-state index in [0.717, 1.165) is 12.1 Å². The van der Waals surface area contributed by atoms with Gasteiger partial charge in [-0.05, 0) is 12.1 Å². The molecule has 0 aliphatic heterocycles. The Morgan fingerprint density at radius 3 is 2.89 bits per heavy atom. The molecule has 0 spiro atoms. The number of aromatic amines is 1. The van der Waals surface area contributed by atoms with Gasteiger partial charge in [-0.2, -0.15) is 0 Å². The van der Waals surface area contributed by atoms with Gasteiger partial charge in [0.1, 0.15) is 5.82 Å². The maximum absolute atomic E-state index is 11.7. The van der Waals surface area contributed by atoms with Crippen LogP contribution in [0.4, 0.5) is 5.69 Å². The first kappa shape index (κ1) is 12.6. The number of nitrogens with one attached hydrogen (secondary N) is 2. The fraction of sp³-hybridized carbons (Fsp3) is 0.0909. The second-order valence-corrected chi connectivity index (χ2v) is 3.68. The smallest absolute Gasteiger partial charge is 0.310 e. The second-order valence-electron chi connectivity index (χ2n) is 3.68. The van der Waals surface area contributed by atoms with Crippen molar-refractivity contribution in [2.75, 3.05) is 0 Å². The van der Waals surface area contributed by atoms with Crippen LogP contribution >= 0.6 is 0 Å². The van der Waals surface area contributed by atoms with Crippen molar-refractivity contribution < 1.29 is 14.8 Å². The number of phenols is 1. The summed E-state index contributed by atoms with van der Waals surface area (Å²) in [4.78, 5) is 28.3. The van der Waals surface area contributed by atoms with E-state index in [-0.39, 0.29) is 12.1 Å². The number of aromatic nitrogens is 2. The van der Waals surface area contributed by atoms with Crippen LogP contribution in [0.25, 0.3) is 0 Å². The van der Waals surface area contributed by atoms with Crippen LogP contribution in [-0.2, 0) is 6.54 Å². The summed E-state index contributed by atoms with van der Waals surface area (Å²) in [6, 6.07) is 3.40. The summed E-state index contributed by atoms with van der Waals surface area (Å²) in [7, 11) is 0. The van der Waals surface area contributed by atoms with Crippen molar-refractivity contribution in [1.29, 1.82) is 0 Å². The summed E-state index contributed by atoms with van der Waals surface area (Å²) in [6.07, 6.45) is 3.18. The van der Waals surface area contributed by atoms with Crippen LogP contribution in [0.3, 0.4) is 0 Å².